The monoisotopic (exact) mass is 279 g/mol. The molecule has 0 saturated heterocycles. The Morgan fingerprint density at radius 1 is 1.35 bits per heavy atom. The molecule has 1 N–H and O–H groups in total. The molecule has 2 rings (SSSR count). The molecular weight excluding hydrogens is 250 g/mol. The Labute approximate surface area is 123 Å². The molecule has 1 aliphatic carbocycles. The molecule has 20 heavy (non-hydrogen) atoms. The molecule has 2 atom stereocenters. The lowest BCUT2D eigenvalue weighted by Crippen LogP contribution is -2.35. The molecule has 1 heterocycles. The molecule has 1 saturated carbocycles. The van der Waals surface area contributed by atoms with Crippen LogP contribution in [0.2, 0.25) is 0 Å². The molecule has 0 aromatic carbocycles. The summed E-state index contributed by atoms with van der Waals surface area (Å²) in [5.41, 5.74) is 1.28. The fourth-order valence-corrected chi connectivity index (χ4v) is 2.73. The van der Waals surface area contributed by atoms with Crippen LogP contribution in [0.1, 0.15) is 64.7 Å². The van der Waals surface area contributed by atoms with Gasteiger partial charge < -0.3 is 14.5 Å². The van der Waals surface area contributed by atoms with Crippen LogP contribution in [-0.2, 0) is 17.9 Å². The number of nitrogens with one attached hydrogen (secondary N) is 1. The molecular formula is C17H29NO2. The van der Waals surface area contributed by atoms with Crippen molar-refractivity contribution in [2.75, 3.05) is 0 Å². The lowest BCUT2D eigenvalue weighted by atomic mass is 9.89. The van der Waals surface area contributed by atoms with Gasteiger partial charge in [0, 0.05) is 11.1 Å². The highest BCUT2D eigenvalue weighted by molar-refractivity contribution is 5.16. The van der Waals surface area contributed by atoms with Gasteiger partial charge in [-0.2, -0.15) is 0 Å². The molecule has 0 amide bonds. The number of hydrogen-bond acceptors (Lipinski definition) is 3. The SMILES string of the molecule is CC1CCCC(OCc2ccoc2CNC(C)(C)C)C1. The van der Waals surface area contributed by atoms with Crippen molar-refractivity contribution in [3.63, 3.8) is 0 Å². The van der Waals surface area contributed by atoms with Gasteiger partial charge in [-0.25, -0.2) is 0 Å². The molecule has 1 aromatic heterocycles. The average molecular weight is 279 g/mol. The average Bonchev–Trinajstić information content (AvgIpc) is 2.81. The van der Waals surface area contributed by atoms with Crippen LogP contribution in [0.5, 0.6) is 0 Å². The van der Waals surface area contributed by atoms with Gasteiger partial charge in [-0.05, 0) is 45.6 Å². The molecule has 1 aliphatic rings. The second-order valence-electron chi connectivity index (χ2n) is 7.18. The van der Waals surface area contributed by atoms with Crippen LogP contribution in [-0.4, -0.2) is 11.6 Å². The Bertz CT molecular complexity index is 405. The predicted octanol–water partition coefficient (Wildman–Crippen LogP) is 4.26. The summed E-state index contributed by atoms with van der Waals surface area (Å²) >= 11 is 0. The van der Waals surface area contributed by atoms with Gasteiger partial charge in [0.2, 0.25) is 0 Å². The van der Waals surface area contributed by atoms with Crippen molar-refractivity contribution in [1.82, 2.24) is 5.32 Å². The number of rotatable bonds is 5. The minimum Gasteiger partial charge on any atom is -0.468 e. The van der Waals surface area contributed by atoms with Gasteiger partial charge in [-0.1, -0.05) is 19.8 Å². The van der Waals surface area contributed by atoms with Crippen molar-refractivity contribution in [2.45, 2.75) is 78.2 Å². The molecule has 0 spiro atoms. The first-order valence-electron chi connectivity index (χ1n) is 7.86. The number of furan rings is 1. The molecule has 1 aromatic rings. The van der Waals surface area contributed by atoms with Crippen molar-refractivity contribution in [3.05, 3.63) is 23.7 Å². The maximum absolute atomic E-state index is 6.08. The Kier molecular flexibility index (Phi) is 5.28. The number of ether oxygens (including phenoxy) is 1. The van der Waals surface area contributed by atoms with Gasteiger partial charge in [0.25, 0.3) is 0 Å². The third-order valence-corrected chi connectivity index (χ3v) is 3.98. The maximum atomic E-state index is 6.08. The second-order valence-corrected chi connectivity index (χ2v) is 7.18. The Morgan fingerprint density at radius 2 is 2.15 bits per heavy atom. The molecule has 2 unspecified atom stereocenters. The van der Waals surface area contributed by atoms with Crippen molar-refractivity contribution in [1.29, 1.82) is 0 Å². The first-order valence-corrected chi connectivity index (χ1v) is 7.86. The number of hydrogen-bond donors (Lipinski definition) is 1. The largest absolute Gasteiger partial charge is 0.468 e. The van der Waals surface area contributed by atoms with E-state index in [9.17, 15) is 0 Å². The fourth-order valence-electron chi connectivity index (χ4n) is 2.73. The van der Waals surface area contributed by atoms with E-state index in [1.165, 1.54) is 31.2 Å². The van der Waals surface area contributed by atoms with Gasteiger partial charge in [0.1, 0.15) is 5.76 Å². The molecule has 0 bridgehead atoms. The molecule has 0 radical (unpaired) electrons. The summed E-state index contributed by atoms with van der Waals surface area (Å²) in [7, 11) is 0. The molecule has 3 nitrogen and oxygen atoms in total. The van der Waals surface area contributed by atoms with Crippen molar-refractivity contribution in [3.8, 4) is 0 Å². The zero-order valence-electron chi connectivity index (χ0n) is 13.4. The van der Waals surface area contributed by atoms with Crippen LogP contribution in [0.25, 0.3) is 0 Å². The van der Waals surface area contributed by atoms with E-state index in [4.69, 9.17) is 9.15 Å². The first-order chi connectivity index (χ1) is 9.44. The Balaban J connectivity index is 1.82. The van der Waals surface area contributed by atoms with Crippen molar-refractivity contribution in [2.24, 2.45) is 5.92 Å². The smallest absolute Gasteiger partial charge is 0.123 e. The molecule has 1 fully saturated rings. The summed E-state index contributed by atoms with van der Waals surface area (Å²) in [6.07, 6.45) is 7.26. The zero-order valence-corrected chi connectivity index (χ0v) is 13.4. The van der Waals surface area contributed by atoms with E-state index in [1.807, 2.05) is 6.07 Å². The summed E-state index contributed by atoms with van der Waals surface area (Å²) in [5.74, 6) is 1.81. The highest BCUT2D eigenvalue weighted by Gasteiger charge is 2.20. The maximum Gasteiger partial charge on any atom is 0.123 e. The van der Waals surface area contributed by atoms with Crippen molar-refractivity contribution < 1.29 is 9.15 Å². The predicted molar refractivity (Wildman–Crippen MR) is 81.5 cm³/mol. The van der Waals surface area contributed by atoms with E-state index in [2.05, 4.69) is 33.0 Å². The Morgan fingerprint density at radius 3 is 2.85 bits per heavy atom. The van der Waals surface area contributed by atoms with Crippen LogP contribution in [0.3, 0.4) is 0 Å². The van der Waals surface area contributed by atoms with Crippen LogP contribution in [0, 0.1) is 5.92 Å². The lowest BCUT2D eigenvalue weighted by molar-refractivity contribution is 0.00403. The van der Waals surface area contributed by atoms with Crippen LogP contribution < -0.4 is 5.32 Å². The van der Waals surface area contributed by atoms with Crippen LogP contribution in [0.4, 0.5) is 0 Å². The molecule has 0 aliphatic heterocycles. The lowest BCUT2D eigenvalue weighted by Gasteiger charge is -2.26. The third-order valence-electron chi connectivity index (χ3n) is 3.98. The summed E-state index contributed by atoms with van der Waals surface area (Å²) < 4.78 is 11.7. The Hall–Kier alpha value is -0.800. The summed E-state index contributed by atoms with van der Waals surface area (Å²) in [6, 6.07) is 2.03. The highest BCUT2D eigenvalue weighted by Crippen LogP contribution is 2.26. The second kappa shape index (κ2) is 6.77. The quantitative estimate of drug-likeness (QED) is 0.874. The van der Waals surface area contributed by atoms with Crippen LogP contribution in [0.15, 0.2) is 16.7 Å². The van der Waals surface area contributed by atoms with E-state index in [-0.39, 0.29) is 5.54 Å². The normalized spacial score (nSPS) is 24.0. The van der Waals surface area contributed by atoms with E-state index in [1.54, 1.807) is 6.26 Å². The molecule has 3 heteroatoms. The standard InChI is InChI=1S/C17H29NO2/c1-13-6-5-7-15(10-13)20-12-14-8-9-19-16(14)11-18-17(2,3)4/h8-9,13,15,18H,5-7,10-12H2,1-4H3. The summed E-state index contributed by atoms with van der Waals surface area (Å²) in [6.45, 7) is 10.2. The van der Waals surface area contributed by atoms with Gasteiger partial charge in [-0.15, -0.1) is 0 Å². The summed E-state index contributed by atoms with van der Waals surface area (Å²) in [5, 5.41) is 3.46. The minimum absolute atomic E-state index is 0.101. The highest BCUT2D eigenvalue weighted by atomic mass is 16.5. The van der Waals surface area contributed by atoms with Gasteiger partial charge in [0.05, 0.1) is 25.5 Å². The zero-order chi connectivity index (χ0) is 14.6. The van der Waals surface area contributed by atoms with Gasteiger partial charge in [-0.3, -0.25) is 0 Å². The van der Waals surface area contributed by atoms with E-state index in [0.29, 0.717) is 12.7 Å². The van der Waals surface area contributed by atoms with E-state index >= 15 is 0 Å². The van der Waals surface area contributed by atoms with E-state index < -0.39 is 0 Å². The van der Waals surface area contributed by atoms with Gasteiger partial charge in [0.15, 0.2) is 0 Å². The van der Waals surface area contributed by atoms with E-state index in [0.717, 1.165) is 18.2 Å². The topological polar surface area (TPSA) is 34.4 Å². The first kappa shape index (κ1) is 15.6. The minimum atomic E-state index is 0.101. The summed E-state index contributed by atoms with van der Waals surface area (Å²) in [4.78, 5) is 0. The molecule has 114 valence electrons. The van der Waals surface area contributed by atoms with Crippen molar-refractivity contribution >= 4 is 0 Å². The van der Waals surface area contributed by atoms with Gasteiger partial charge >= 0.3 is 0 Å². The van der Waals surface area contributed by atoms with Crippen LogP contribution >= 0.6 is 0 Å². The third kappa shape index (κ3) is 4.95. The fraction of sp³-hybridized carbons (Fsp3) is 0.765.